The first kappa shape index (κ1) is 25.4. The van der Waals surface area contributed by atoms with E-state index in [1.165, 1.54) is 6.20 Å². The molecule has 0 saturated carbocycles. The number of halogens is 6. The molecule has 0 aliphatic carbocycles. The van der Waals surface area contributed by atoms with Crippen LogP contribution in [0.1, 0.15) is 27.9 Å². The zero-order valence-electron chi connectivity index (χ0n) is 18.3. The number of hydrogen-bond donors (Lipinski definition) is 1. The predicted molar refractivity (Wildman–Crippen MR) is 133 cm³/mol. The molecule has 0 fully saturated rings. The minimum atomic E-state index is -4.72. The highest BCUT2D eigenvalue weighted by atomic mass is 79.9. The molecule has 0 spiro atoms. The lowest BCUT2D eigenvalue weighted by atomic mass is 9.79. The highest BCUT2D eigenvalue weighted by Gasteiger charge is 2.39. The molecule has 1 unspecified atom stereocenters. The molecule has 0 saturated heterocycles. The molecule has 8 heteroatoms. The zero-order chi connectivity index (χ0) is 25.1. The van der Waals surface area contributed by atoms with Crippen molar-refractivity contribution in [3.8, 4) is 0 Å². The lowest BCUT2D eigenvalue weighted by Crippen LogP contribution is -2.46. The summed E-state index contributed by atoms with van der Waals surface area (Å²) in [5.74, 6) is -0.982. The van der Waals surface area contributed by atoms with Crippen molar-refractivity contribution in [2.45, 2.75) is 24.7 Å². The van der Waals surface area contributed by atoms with Crippen LogP contribution in [-0.2, 0) is 24.7 Å². The first-order valence-electron chi connectivity index (χ1n) is 10.7. The van der Waals surface area contributed by atoms with Crippen molar-refractivity contribution in [2.75, 3.05) is 0 Å². The van der Waals surface area contributed by atoms with Gasteiger partial charge in [-0.15, -0.1) is 0 Å². The van der Waals surface area contributed by atoms with E-state index in [9.17, 15) is 17.6 Å². The summed E-state index contributed by atoms with van der Waals surface area (Å²) in [5, 5.41) is 3.81. The van der Waals surface area contributed by atoms with Crippen molar-refractivity contribution in [1.82, 2.24) is 10.3 Å². The fraction of sp³-hybridized carbons (Fsp3) is 0.148. The van der Waals surface area contributed by atoms with Gasteiger partial charge < -0.3 is 0 Å². The van der Waals surface area contributed by atoms with Crippen molar-refractivity contribution >= 4 is 27.5 Å². The molecule has 0 radical (unpaired) electrons. The first-order chi connectivity index (χ1) is 16.7. The Morgan fingerprint density at radius 1 is 0.857 bits per heavy atom. The summed E-state index contributed by atoms with van der Waals surface area (Å²) in [6, 6.07) is 22.7. The molecule has 2 nitrogen and oxygen atoms in total. The lowest BCUT2D eigenvalue weighted by molar-refractivity contribution is -0.137. The molecule has 35 heavy (non-hydrogen) atoms. The molecule has 1 heterocycles. The number of benzene rings is 3. The third-order valence-electron chi connectivity index (χ3n) is 5.73. The van der Waals surface area contributed by atoms with Crippen LogP contribution in [0.25, 0.3) is 0 Å². The van der Waals surface area contributed by atoms with Gasteiger partial charge in [0.05, 0.1) is 21.8 Å². The summed E-state index contributed by atoms with van der Waals surface area (Å²) in [5.41, 5.74) is -0.134. The number of nitrogens with zero attached hydrogens (tertiary/aromatic N) is 1. The zero-order valence-corrected chi connectivity index (χ0v) is 20.6. The van der Waals surface area contributed by atoms with Crippen LogP contribution in [0.3, 0.4) is 0 Å². The van der Waals surface area contributed by atoms with E-state index in [2.05, 4.69) is 26.2 Å². The monoisotopic (exact) mass is 562 g/mol. The Morgan fingerprint density at radius 3 is 2.20 bits per heavy atom. The number of rotatable bonds is 7. The van der Waals surface area contributed by atoms with Crippen molar-refractivity contribution < 1.29 is 17.6 Å². The van der Waals surface area contributed by atoms with Gasteiger partial charge in [-0.2, -0.15) is 13.2 Å². The van der Waals surface area contributed by atoms with Gasteiger partial charge in [-0.05, 0) is 53.1 Å². The summed E-state index contributed by atoms with van der Waals surface area (Å²) < 4.78 is 56.6. The fourth-order valence-electron chi connectivity index (χ4n) is 4.01. The van der Waals surface area contributed by atoms with Crippen LogP contribution in [0.5, 0.6) is 0 Å². The second-order valence-corrected chi connectivity index (χ2v) is 9.39. The molecular formula is C27H20BrClF4N2. The largest absolute Gasteiger partial charge is 0.416 e. The van der Waals surface area contributed by atoms with Gasteiger partial charge in [0.1, 0.15) is 5.82 Å². The van der Waals surface area contributed by atoms with Crippen LogP contribution in [0.4, 0.5) is 17.6 Å². The second kappa shape index (κ2) is 10.5. The van der Waals surface area contributed by atoms with Crippen LogP contribution in [0.15, 0.2) is 95.6 Å². The molecule has 4 aromatic rings. The van der Waals surface area contributed by atoms with Gasteiger partial charge >= 0.3 is 6.18 Å². The molecule has 0 aliphatic heterocycles. The van der Waals surface area contributed by atoms with E-state index in [1.807, 2.05) is 54.6 Å². The molecule has 0 aliphatic rings. The molecule has 3 aromatic carbocycles. The molecule has 1 atom stereocenters. The van der Waals surface area contributed by atoms with E-state index in [0.29, 0.717) is 16.8 Å². The topological polar surface area (TPSA) is 24.9 Å². The maximum atomic E-state index is 14.7. The summed E-state index contributed by atoms with van der Waals surface area (Å²) in [6.45, 7) is 0.274. The van der Waals surface area contributed by atoms with Crippen molar-refractivity contribution in [3.05, 3.63) is 134 Å². The number of hydrogen-bond acceptors (Lipinski definition) is 2. The summed E-state index contributed by atoms with van der Waals surface area (Å²) in [7, 11) is 0. The molecule has 1 aromatic heterocycles. The molecule has 0 bridgehead atoms. The van der Waals surface area contributed by atoms with Crippen LogP contribution in [0, 0.1) is 5.82 Å². The predicted octanol–water partition coefficient (Wildman–Crippen LogP) is 7.93. The molecule has 1 N–H and O–H groups in total. The van der Waals surface area contributed by atoms with E-state index in [4.69, 9.17) is 11.6 Å². The van der Waals surface area contributed by atoms with E-state index >= 15 is 0 Å². The minimum Gasteiger partial charge on any atom is -0.298 e. The van der Waals surface area contributed by atoms with Crippen molar-refractivity contribution in [2.24, 2.45) is 0 Å². The number of pyridine rings is 1. The normalized spacial score (nSPS) is 13.4. The third kappa shape index (κ3) is 5.92. The van der Waals surface area contributed by atoms with Gasteiger partial charge in [-0.3, -0.25) is 10.3 Å². The van der Waals surface area contributed by atoms with Gasteiger partial charge in [0, 0.05) is 23.6 Å². The summed E-state index contributed by atoms with van der Waals surface area (Å²) in [6.07, 6.45) is -3.07. The van der Waals surface area contributed by atoms with Gasteiger partial charge in [-0.25, -0.2) is 4.39 Å². The van der Waals surface area contributed by atoms with Crippen LogP contribution < -0.4 is 5.32 Å². The van der Waals surface area contributed by atoms with Crippen LogP contribution >= 0.6 is 27.5 Å². The molecular weight excluding hydrogens is 544 g/mol. The Kier molecular flexibility index (Phi) is 7.59. The Morgan fingerprint density at radius 2 is 1.54 bits per heavy atom. The number of aromatic nitrogens is 1. The average Bonchev–Trinajstić information content (AvgIpc) is 2.83. The quantitative estimate of drug-likeness (QED) is 0.231. The van der Waals surface area contributed by atoms with Gasteiger partial charge in [0.25, 0.3) is 0 Å². The summed E-state index contributed by atoms with van der Waals surface area (Å²) >= 11 is 9.59. The Hall–Kier alpha value is -2.74. The first-order valence-corrected chi connectivity index (χ1v) is 11.9. The molecule has 4 rings (SSSR count). The van der Waals surface area contributed by atoms with E-state index in [1.54, 1.807) is 12.1 Å². The fourth-order valence-corrected chi connectivity index (χ4v) is 4.55. The van der Waals surface area contributed by atoms with Crippen LogP contribution in [0.2, 0.25) is 5.02 Å². The van der Waals surface area contributed by atoms with Gasteiger partial charge in [0.2, 0.25) is 0 Å². The van der Waals surface area contributed by atoms with Gasteiger partial charge in [0.15, 0.2) is 0 Å². The molecule has 180 valence electrons. The Bertz CT molecular complexity index is 1300. The third-order valence-corrected chi connectivity index (χ3v) is 6.73. The van der Waals surface area contributed by atoms with Crippen molar-refractivity contribution in [1.29, 1.82) is 0 Å². The highest BCUT2D eigenvalue weighted by molar-refractivity contribution is 9.10. The smallest absolute Gasteiger partial charge is 0.298 e. The van der Waals surface area contributed by atoms with Crippen LogP contribution in [-0.4, -0.2) is 4.98 Å². The lowest BCUT2D eigenvalue weighted by Gasteiger charge is -2.36. The van der Waals surface area contributed by atoms with E-state index < -0.39 is 23.1 Å². The Labute approximate surface area is 214 Å². The Balaban J connectivity index is 1.94. The number of alkyl halides is 3. The summed E-state index contributed by atoms with van der Waals surface area (Å²) in [4.78, 5) is 4.47. The minimum absolute atomic E-state index is 0.107. The molecule has 0 amide bonds. The maximum Gasteiger partial charge on any atom is 0.416 e. The van der Waals surface area contributed by atoms with E-state index in [-0.39, 0.29) is 18.5 Å². The number of nitrogens with one attached hydrogen (secondary N) is 1. The highest BCUT2D eigenvalue weighted by Crippen LogP contribution is 2.38. The van der Waals surface area contributed by atoms with E-state index in [0.717, 1.165) is 27.7 Å². The standard InChI is InChI=1S/C27H20BrClF4N2/c28-24-9-5-4-8-19(24)16-35-26(15-18-6-2-1-3-7-18,25-11-10-22(29)17-34-25)20-12-21(27(31,32)33)14-23(30)13-20/h1-14,17,35H,15-16H2. The SMILES string of the molecule is Fc1cc(C(F)(F)F)cc(C(Cc2ccccc2)(NCc2ccccc2Br)c2ccc(Cl)cn2)c1. The maximum absolute atomic E-state index is 14.7. The average molecular weight is 564 g/mol. The van der Waals surface area contributed by atoms with Crippen molar-refractivity contribution in [3.63, 3.8) is 0 Å². The second-order valence-electron chi connectivity index (χ2n) is 8.10. The van der Waals surface area contributed by atoms with Gasteiger partial charge in [-0.1, -0.05) is 76.1 Å².